The molecule has 0 spiro atoms. The van der Waals surface area contributed by atoms with E-state index in [1.54, 1.807) is 0 Å². The van der Waals surface area contributed by atoms with E-state index in [-0.39, 0.29) is 36.7 Å². The number of halogens is 2. The molecule has 1 aromatic heterocycles. The van der Waals surface area contributed by atoms with Gasteiger partial charge < -0.3 is 20.3 Å². The van der Waals surface area contributed by atoms with Gasteiger partial charge in [-0.25, -0.2) is 4.39 Å². The number of pyridine rings is 1. The standard InChI is InChI=1S/C20H23FN4O2.ClH/c1-27-20-14(12-23-19(26)16-6-4-9-22-16)11-15(21)18(24-20)25-10-8-13-5-2-3-7-17(13)25;/h2-3,5,7,11,16,22H,4,6,8-10,12H2,1H3,(H,23,26);1H. The Kier molecular flexibility index (Phi) is 6.36. The van der Waals surface area contributed by atoms with Crippen LogP contribution in [0.1, 0.15) is 24.0 Å². The van der Waals surface area contributed by atoms with E-state index in [1.165, 1.54) is 18.7 Å². The zero-order chi connectivity index (χ0) is 18.8. The van der Waals surface area contributed by atoms with Gasteiger partial charge in [0.1, 0.15) is 0 Å². The molecule has 3 heterocycles. The lowest BCUT2D eigenvalue weighted by Crippen LogP contribution is -2.40. The number of carbonyl (C=O) groups excluding carboxylic acids is 1. The lowest BCUT2D eigenvalue weighted by Gasteiger charge is -2.21. The molecule has 0 radical (unpaired) electrons. The number of methoxy groups -OCH3 is 1. The van der Waals surface area contributed by atoms with Crippen molar-refractivity contribution in [2.45, 2.75) is 31.8 Å². The first kappa shape index (κ1) is 20.4. The second-order valence-corrected chi connectivity index (χ2v) is 6.86. The van der Waals surface area contributed by atoms with Crippen LogP contribution in [0.25, 0.3) is 0 Å². The fourth-order valence-corrected chi connectivity index (χ4v) is 3.77. The molecule has 0 saturated carbocycles. The Hall–Kier alpha value is -2.38. The number of para-hydroxylation sites is 1. The third-order valence-corrected chi connectivity index (χ3v) is 5.16. The van der Waals surface area contributed by atoms with Crippen LogP contribution in [0.3, 0.4) is 0 Å². The maximum atomic E-state index is 14.9. The summed E-state index contributed by atoms with van der Waals surface area (Å²) in [6.45, 7) is 1.71. The number of nitrogens with zero attached hydrogens (tertiary/aromatic N) is 2. The van der Waals surface area contributed by atoms with Gasteiger partial charge in [-0.2, -0.15) is 4.98 Å². The average Bonchev–Trinajstić information content (AvgIpc) is 3.36. The lowest BCUT2D eigenvalue weighted by atomic mass is 10.2. The van der Waals surface area contributed by atoms with Gasteiger partial charge in [-0.3, -0.25) is 4.79 Å². The average molecular weight is 407 g/mol. The number of carbonyl (C=O) groups is 1. The van der Waals surface area contributed by atoms with Crippen LogP contribution in [-0.4, -0.2) is 37.1 Å². The van der Waals surface area contributed by atoms with Gasteiger partial charge in [0.05, 0.1) is 13.2 Å². The molecule has 1 atom stereocenters. The highest BCUT2D eigenvalue weighted by Gasteiger charge is 2.26. The minimum atomic E-state index is -0.421. The van der Waals surface area contributed by atoms with E-state index in [0.29, 0.717) is 18.0 Å². The van der Waals surface area contributed by atoms with Crippen LogP contribution in [0.4, 0.5) is 15.9 Å². The van der Waals surface area contributed by atoms with Crippen LogP contribution in [0.2, 0.25) is 0 Å². The molecule has 1 fully saturated rings. The van der Waals surface area contributed by atoms with Gasteiger partial charge in [-0.1, -0.05) is 18.2 Å². The summed E-state index contributed by atoms with van der Waals surface area (Å²) in [7, 11) is 1.51. The normalized spacial score (nSPS) is 17.8. The van der Waals surface area contributed by atoms with Crippen molar-refractivity contribution in [1.29, 1.82) is 0 Å². The molecule has 4 rings (SSSR count). The highest BCUT2D eigenvalue weighted by atomic mass is 35.5. The molecular formula is C20H24ClFN4O2. The summed E-state index contributed by atoms with van der Waals surface area (Å²) in [4.78, 5) is 18.5. The molecule has 6 nitrogen and oxygen atoms in total. The Bertz CT molecular complexity index is 858. The molecule has 2 N–H and O–H groups in total. The zero-order valence-electron chi connectivity index (χ0n) is 15.7. The molecule has 28 heavy (non-hydrogen) atoms. The molecule has 0 bridgehead atoms. The monoisotopic (exact) mass is 406 g/mol. The van der Waals surface area contributed by atoms with Crippen molar-refractivity contribution >= 4 is 29.8 Å². The minimum absolute atomic E-state index is 0. The van der Waals surface area contributed by atoms with Crippen LogP contribution in [0.15, 0.2) is 30.3 Å². The summed E-state index contributed by atoms with van der Waals surface area (Å²) in [6, 6.07) is 9.17. The van der Waals surface area contributed by atoms with Crippen LogP contribution in [0.5, 0.6) is 5.88 Å². The fourth-order valence-electron chi connectivity index (χ4n) is 3.77. The Labute approximate surface area is 169 Å². The Morgan fingerprint density at radius 2 is 2.25 bits per heavy atom. The van der Waals surface area contributed by atoms with E-state index in [0.717, 1.165) is 31.5 Å². The molecular weight excluding hydrogens is 383 g/mol. The highest BCUT2D eigenvalue weighted by molar-refractivity contribution is 5.85. The smallest absolute Gasteiger partial charge is 0.237 e. The number of nitrogens with one attached hydrogen (secondary N) is 2. The van der Waals surface area contributed by atoms with Crippen LogP contribution in [0, 0.1) is 5.82 Å². The lowest BCUT2D eigenvalue weighted by molar-refractivity contribution is -0.122. The SMILES string of the molecule is COc1nc(N2CCc3ccccc32)c(F)cc1CNC(=O)C1CCCN1.Cl. The van der Waals surface area contributed by atoms with Crippen molar-refractivity contribution in [2.75, 3.05) is 25.1 Å². The van der Waals surface area contributed by atoms with Crippen LogP contribution < -0.4 is 20.3 Å². The first-order valence-electron chi connectivity index (χ1n) is 9.27. The van der Waals surface area contributed by atoms with Gasteiger partial charge in [-0.05, 0) is 43.5 Å². The summed E-state index contributed by atoms with van der Waals surface area (Å²) in [5, 5.41) is 5.99. The number of amides is 1. The molecule has 2 aliphatic rings. The van der Waals surface area contributed by atoms with Gasteiger partial charge in [-0.15, -0.1) is 12.4 Å². The highest BCUT2D eigenvalue weighted by Crippen LogP contribution is 2.36. The summed E-state index contributed by atoms with van der Waals surface area (Å²) in [6.07, 6.45) is 2.66. The van der Waals surface area contributed by atoms with Crippen LogP contribution in [-0.2, 0) is 17.8 Å². The number of benzene rings is 1. The Balaban J connectivity index is 0.00000225. The maximum Gasteiger partial charge on any atom is 0.237 e. The molecule has 2 aliphatic heterocycles. The minimum Gasteiger partial charge on any atom is -0.481 e. The number of anilines is 2. The molecule has 2 aromatic rings. The van der Waals surface area contributed by atoms with E-state index in [9.17, 15) is 9.18 Å². The number of rotatable bonds is 5. The number of hydrogen-bond acceptors (Lipinski definition) is 5. The van der Waals surface area contributed by atoms with E-state index < -0.39 is 5.82 Å². The topological polar surface area (TPSA) is 66.5 Å². The molecule has 8 heteroatoms. The molecule has 0 aliphatic carbocycles. The van der Waals surface area contributed by atoms with E-state index in [4.69, 9.17) is 4.74 Å². The summed E-state index contributed by atoms with van der Waals surface area (Å²) < 4.78 is 20.2. The second kappa shape index (κ2) is 8.75. The van der Waals surface area contributed by atoms with Gasteiger partial charge in [0.15, 0.2) is 11.6 Å². The molecule has 1 amide bonds. The largest absolute Gasteiger partial charge is 0.481 e. The van der Waals surface area contributed by atoms with Gasteiger partial charge in [0.25, 0.3) is 0 Å². The number of aromatic nitrogens is 1. The van der Waals surface area contributed by atoms with Gasteiger partial charge >= 0.3 is 0 Å². The van der Waals surface area contributed by atoms with E-state index in [2.05, 4.69) is 15.6 Å². The van der Waals surface area contributed by atoms with Gasteiger partial charge in [0.2, 0.25) is 11.8 Å². The summed E-state index contributed by atoms with van der Waals surface area (Å²) in [5.74, 6) is 0.0862. The maximum absolute atomic E-state index is 14.9. The second-order valence-electron chi connectivity index (χ2n) is 6.86. The van der Waals surface area contributed by atoms with Crippen molar-refractivity contribution in [2.24, 2.45) is 0 Å². The molecule has 150 valence electrons. The number of hydrogen-bond donors (Lipinski definition) is 2. The number of fused-ring (bicyclic) bond motifs is 1. The third-order valence-electron chi connectivity index (χ3n) is 5.16. The third kappa shape index (κ3) is 3.91. The summed E-state index contributed by atoms with van der Waals surface area (Å²) in [5.41, 5.74) is 2.68. The van der Waals surface area contributed by atoms with Crippen molar-refractivity contribution < 1.29 is 13.9 Å². The summed E-state index contributed by atoms with van der Waals surface area (Å²) >= 11 is 0. The predicted molar refractivity (Wildman–Crippen MR) is 108 cm³/mol. The van der Waals surface area contributed by atoms with Crippen molar-refractivity contribution in [3.63, 3.8) is 0 Å². The van der Waals surface area contributed by atoms with E-state index >= 15 is 0 Å². The first-order valence-corrected chi connectivity index (χ1v) is 9.27. The van der Waals surface area contributed by atoms with Crippen LogP contribution >= 0.6 is 12.4 Å². The van der Waals surface area contributed by atoms with Crippen molar-refractivity contribution in [1.82, 2.24) is 15.6 Å². The quantitative estimate of drug-likeness (QED) is 0.799. The predicted octanol–water partition coefficient (Wildman–Crippen LogP) is 2.71. The fraction of sp³-hybridized carbons (Fsp3) is 0.400. The molecule has 1 aromatic carbocycles. The Morgan fingerprint density at radius 1 is 1.43 bits per heavy atom. The zero-order valence-corrected chi connectivity index (χ0v) is 16.5. The number of ether oxygens (including phenoxy) is 1. The molecule has 1 saturated heterocycles. The van der Waals surface area contributed by atoms with Crippen molar-refractivity contribution in [3.8, 4) is 5.88 Å². The molecule has 1 unspecified atom stereocenters. The Morgan fingerprint density at radius 3 is 3.00 bits per heavy atom. The first-order chi connectivity index (χ1) is 13.2. The van der Waals surface area contributed by atoms with Gasteiger partial charge in [0, 0.05) is 24.3 Å². The van der Waals surface area contributed by atoms with Crippen molar-refractivity contribution in [3.05, 3.63) is 47.3 Å². The van der Waals surface area contributed by atoms with E-state index in [1.807, 2.05) is 29.2 Å².